The molecule has 2 aromatic rings. The first-order chi connectivity index (χ1) is 7.66. The van der Waals surface area contributed by atoms with Gasteiger partial charge in [-0.05, 0) is 48.9 Å². The van der Waals surface area contributed by atoms with Crippen molar-refractivity contribution in [2.75, 3.05) is 0 Å². The standard InChI is InChI=1S/C13H13NO2/c1-8-6-11(9-2-3-9)7-10-4-5-14(12(8)10)13(15)16/h4-7,9H,2-3H2,1H3,(H,15,16). The summed E-state index contributed by atoms with van der Waals surface area (Å²) in [4.78, 5) is 11.0. The van der Waals surface area contributed by atoms with Crippen LogP contribution in [0.1, 0.15) is 29.9 Å². The van der Waals surface area contributed by atoms with E-state index in [1.165, 1.54) is 23.0 Å². The molecule has 0 atom stereocenters. The highest BCUT2D eigenvalue weighted by atomic mass is 16.4. The molecule has 1 heterocycles. The van der Waals surface area contributed by atoms with Crippen LogP contribution in [0.15, 0.2) is 24.4 Å². The normalized spacial score (nSPS) is 15.6. The largest absolute Gasteiger partial charge is 0.464 e. The van der Waals surface area contributed by atoms with Gasteiger partial charge in [-0.25, -0.2) is 4.79 Å². The molecule has 0 spiro atoms. The number of hydrogen-bond donors (Lipinski definition) is 1. The van der Waals surface area contributed by atoms with Gasteiger partial charge in [0.2, 0.25) is 0 Å². The number of aromatic nitrogens is 1. The molecule has 1 N–H and O–H groups in total. The number of aryl methyl sites for hydroxylation is 1. The third-order valence-corrected chi connectivity index (χ3v) is 3.25. The Hall–Kier alpha value is -1.77. The van der Waals surface area contributed by atoms with E-state index in [1.54, 1.807) is 6.20 Å². The summed E-state index contributed by atoms with van der Waals surface area (Å²) in [6.45, 7) is 1.98. The number of benzene rings is 1. The molecule has 82 valence electrons. The Morgan fingerprint density at radius 1 is 1.44 bits per heavy atom. The molecule has 1 fully saturated rings. The van der Waals surface area contributed by atoms with Crippen LogP contribution >= 0.6 is 0 Å². The van der Waals surface area contributed by atoms with Gasteiger partial charge in [0, 0.05) is 11.6 Å². The molecule has 0 bridgehead atoms. The van der Waals surface area contributed by atoms with Crippen LogP contribution in [0.4, 0.5) is 4.79 Å². The zero-order valence-electron chi connectivity index (χ0n) is 9.10. The van der Waals surface area contributed by atoms with Crippen molar-refractivity contribution in [3.63, 3.8) is 0 Å². The number of rotatable bonds is 1. The van der Waals surface area contributed by atoms with Crippen molar-refractivity contribution < 1.29 is 9.90 Å². The smallest absolute Gasteiger partial charge is 0.416 e. The Labute approximate surface area is 93.3 Å². The third kappa shape index (κ3) is 1.32. The predicted octanol–water partition coefficient (Wildman–Crippen LogP) is 3.35. The molecule has 3 rings (SSSR count). The van der Waals surface area contributed by atoms with E-state index in [0.29, 0.717) is 5.92 Å². The topological polar surface area (TPSA) is 42.2 Å². The molecule has 3 heteroatoms. The summed E-state index contributed by atoms with van der Waals surface area (Å²) in [5.74, 6) is 0.705. The Kier molecular flexibility index (Phi) is 1.84. The number of carbonyl (C=O) groups is 1. The van der Waals surface area contributed by atoms with Gasteiger partial charge in [0.25, 0.3) is 0 Å². The van der Waals surface area contributed by atoms with Crippen LogP contribution in [0.25, 0.3) is 10.9 Å². The fourth-order valence-electron chi connectivity index (χ4n) is 2.33. The number of hydrogen-bond acceptors (Lipinski definition) is 1. The van der Waals surface area contributed by atoms with Gasteiger partial charge in [-0.1, -0.05) is 6.07 Å². The highest BCUT2D eigenvalue weighted by molar-refractivity contribution is 5.91. The van der Waals surface area contributed by atoms with E-state index in [2.05, 4.69) is 12.1 Å². The summed E-state index contributed by atoms with van der Waals surface area (Å²) in [6, 6.07) is 6.13. The lowest BCUT2D eigenvalue weighted by Crippen LogP contribution is -2.06. The second-order valence-electron chi connectivity index (χ2n) is 4.52. The summed E-state index contributed by atoms with van der Waals surface area (Å²) in [6.07, 6.45) is 3.24. The zero-order valence-corrected chi connectivity index (χ0v) is 9.10. The summed E-state index contributed by atoms with van der Waals surface area (Å²) >= 11 is 0. The van der Waals surface area contributed by atoms with Crippen molar-refractivity contribution >= 4 is 17.0 Å². The number of carboxylic acid groups (broad SMARTS) is 1. The fourth-order valence-corrected chi connectivity index (χ4v) is 2.33. The molecule has 1 saturated carbocycles. The molecular weight excluding hydrogens is 202 g/mol. The van der Waals surface area contributed by atoms with Gasteiger partial charge in [-0.2, -0.15) is 0 Å². The van der Waals surface area contributed by atoms with Crippen LogP contribution in [-0.4, -0.2) is 15.8 Å². The molecule has 0 saturated heterocycles. The lowest BCUT2D eigenvalue weighted by Gasteiger charge is -2.05. The third-order valence-electron chi connectivity index (χ3n) is 3.25. The lowest BCUT2D eigenvalue weighted by atomic mass is 10.0. The van der Waals surface area contributed by atoms with Gasteiger partial charge in [0.1, 0.15) is 0 Å². The quantitative estimate of drug-likeness (QED) is 0.792. The van der Waals surface area contributed by atoms with Crippen molar-refractivity contribution in [3.05, 3.63) is 35.5 Å². The zero-order chi connectivity index (χ0) is 11.3. The lowest BCUT2D eigenvalue weighted by molar-refractivity contribution is 0.197. The van der Waals surface area contributed by atoms with Gasteiger partial charge in [0.15, 0.2) is 0 Å². The van der Waals surface area contributed by atoms with Gasteiger partial charge in [0.05, 0.1) is 5.52 Å². The van der Waals surface area contributed by atoms with Gasteiger partial charge in [-0.3, -0.25) is 4.57 Å². The van der Waals surface area contributed by atoms with Gasteiger partial charge >= 0.3 is 6.09 Å². The Morgan fingerprint density at radius 3 is 2.81 bits per heavy atom. The fraction of sp³-hybridized carbons (Fsp3) is 0.308. The Morgan fingerprint density at radius 2 is 2.19 bits per heavy atom. The molecule has 0 radical (unpaired) electrons. The van der Waals surface area contributed by atoms with Crippen LogP contribution in [0, 0.1) is 6.92 Å². The summed E-state index contributed by atoms with van der Waals surface area (Å²) in [5.41, 5.74) is 3.22. The second kappa shape index (κ2) is 3.11. The van der Waals surface area contributed by atoms with Crippen molar-refractivity contribution in [2.45, 2.75) is 25.7 Å². The molecule has 16 heavy (non-hydrogen) atoms. The Bertz CT molecular complexity index is 579. The highest BCUT2D eigenvalue weighted by Crippen LogP contribution is 2.41. The molecule has 1 aliphatic rings. The molecule has 0 amide bonds. The molecule has 1 aromatic heterocycles. The average molecular weight is 215 g/mol. The monoisotopic (exact) mass is 215 g/mol. The summed E-state index contributed by atoms with van der Waals surface area (Å²) in [7, 11) is 0. The van der Waals surface area contributed by atoms with E-state index in [9.17, 15) is 4.79 Å². The highest BCUT2D eigenvalue weighted by Gasteiger charge is 2.24. The molecule has 3 nitrogen and oxygen atoms in total. The van der Waals surface area contributed by atoms with Crippen LogP contribution in [0.2, 0.25) is 0 Å². The molecule has 1 aliphatic carbocycles. The molecule has 0 aliphatic heterocycles. The van der Waals surface area contributed by atoms with Crippen molar-refractivity contribution in [3.8, 4) is 0 Å². The minimum absolute atomic E-state index is 0.705. The van der Waals surface area contributed by atoms with E-state index in [-0.39, 0.29) is 0 Å². The average Bonchev–Trinajstić information content (AvgIpc) is 2.98. The second-order valence-corrected chi connectivity index (χ2v) is 4.52. The van der Waals surface area contributed by atoms with Crippen molar-refractivity contribution in [1.82, 2.24) is 4.57 Å². The summed E-state index contributed by atoms with van der Waals surface area (Å²) < 4.78 is 1.29. The van der Waals surface area contributed by atoms with E-state index in [1.807, 2.05) is 13.0 Å². The van der Waals surface area contributed by atoms with Crippen LogP contribution < -0.4 is 0 Å². The van der Waals surface area contributed by atoms with Crippen LogP contribution in [0.5, 0.6) is 0 Å². The maximum absolute atomic E-state index is 11.0. The maximum Gasteiger partial charge on any atom is 0.416 e. The minimum Gasteiger partial charge on any atom is -0.464 e. The van der Waals surface area contributed by atoms with E-state index >= 15 is 0 Å². The first-order valence-electron chi connectivity index (χ1n) is 5.52. The minimum atomic E-state index is -0.919. The first-order valence-corrected chi connectivity index (χ1v) is 5.52. The van der Waals surface area contributed by atoms with Crippen LogP contribution in [-0.2, 0) is 0 Å². The number of nitrogens with zero attached hydrogens (tertiary/aromatic N) is 1. The van der Waals surface area contributed by atoms with Gasteiger partial charge in [-0.15, -0.1) is 0 Å². The van der Waals surface area contributed by atoms with E-state index in [0.717, 1.165) is 16.5 Å². The Balaban J connectivity index is 2.25. The first kappa shape index (κ1) is 9.46. The maximum atomic E-state index is 11.0. The molecule has 0 unspecified atom stereocenters. The van der Waals surface area contributed by atoms with Crippen molar-refractivity contribution in [1.29, 1.82) is 0 Å². The predicted molar refractivity (Wildman–Crippen MR) is 62.1 cm³/mol. The molecule has 1 aromatic carbocycles. The van der Waals surface area contributed by atoms with E-state index < -0.39 is 6.09 Å². The van der Waals surface area contributed by atoms with Crippen molar-refractivity contribution in [2.24, 2.45) is 0 Å². The van der Waals surface area contributed by atoms with E-state index in [4.69, 9.17) is 5.11 Å². The SMILES string of the molecule is Cc1cc(C2CC2)cc2ccn(C(=O)O)c12. The summed E-state index contributed by atoms with van der Waals surface area (Å²) in [5, 5.41) is 10.1. The van der Waals surface area contributed by atoms with Crippen LogP contribution in [0.3, 0.4) is 0 Å². The molecular formula is C13H13NO2. The number of fused-ring (bicyclic) bond motifs is 1. The van der Waals surface area contributed by atoms with Gasteiger partial charge < -0.3 is 5.11 Å².